The summed E-state index contributed by atoms with van der Waals surface area (Å²) in [6.07, 6.45) is 0.772. The summed E-state index contributed by atoms with van der Waals surface area (Å²) in [5.41, 5.74) is -0.0425. The molecule has 0 unspecified atom stereocenters. The molecule has 0 saturated carbocycles. The van der Waals surface area contributed by atoms with Gasteiger partial charge < -0.3 is 4.90 Å². The average Bonchev–Trinajstić information content (AvgIpc) is 2.33. The summed E-state index contributed by atoms with van der Waals surface area (Å²) in [7, 11) is 3.99. The quantitative estimate of drug-likeness (QED) is 0.645. The molecule has 86 valence electrons. The van der Waals surface area contributed by atoms with E-state index >= 15 is 0 Å². The number of rotatable bonds is 4. The Hall–Kier alpha value is -0.900. The minimum absolute atomic E-state index is 0.0215. The van der Waals surface area contributed by atoms with Gasteiger partial charge in [0.2, 0.25) is 11.8 Å². The van der Waals surface area contributed by atoms with Crippen LogP contribution in [0.3, 0.4) is 0 Å². The summed E-state index contributed by atoms with van der Waals surface area (Å²) < 4.78 is 0. The van der Waals surface area contributed by atoms with Gasteiger partial charge in [-0.05, 0) is 19.5 Å². The molecule has 0 aromatic rings. The maximum absolute atomic E-state index is 11.4. The zero-order valence-corrected chi connectivity index (χ0v) is 10.0. The first-order valence-corrected chi connectivity index (χ1v) is 5.30. The van der Waals surface area contributed by atoms with E-state index in [2.05, 4.69) is 18.7 Å². The Morgan fingerprint density at radius 2 is 1.67 bits per heavy atom. The second-order valence-electron chi connectivity index (χ2n) is 5.28. The fraction of sp³-hybridized carbons (Fsp3) is 0.818. The molecule has 1 heterocycles. The molecule has 1 aliphatic heterocycles. The highest BCUT2D eigenvalue weighted by molar-refractivity contribution is 6.01. The van der Waals surface area contributed by atoms with E-state index in [1.54, 1.807) is 0 Å². The first-order valence-electron chi connectivity index (χ1n) is 5.30. The molecule has 0 radical (unpaired) electrons. The van der Waals surface area contributed by atoms with Crippen LogP contribution < -0.4 is 0 Å². The van der Waals surface area contributed by atoms with Crippen LogP contribution in [0.1, 0.15) is 26.7 Å². The van der Waals surface area contributed by atoms with Gasteiger partial charge in [-0.3, -0.25) is 14.5 Å². The van der Waals surface area contributed by atoms with E-state index in [0.29, 0.717) is 19.4 Å². The predicted molar refractivity (Wildman–Crippen MR) is 58.3 cm³/mol. The molecule has 2 amide bonds. The third-order valence-corrected chi connectivity index (χ3v) is 2.49. The average molecular weight is 212 g/mol. The Morgan fingerprint density at radius 1 is 1.20 bits per heavy atom. The van der Waals surface area contributed by atoms with E-state index in [1.165, 1.54) is 4.90 Å². The summed E-state index contributed by atoms with van der Waals surface area (Å²) in [6, 6.07) is 0. The standard InChI is InChI=1S/C11H20N2O2/c1-11(2,7-12(3)4)8-13-9(14)5-6-10(13)15/h5-8H2,1-4H3. The Balaban J connectivity index is 2.59. The molecule has 1 rings (SSSR count). The van der Waals surface area contributed by atoms with Gasteiger partial charge in [0.25, 0.3) is 0 Å². The summed E-state index contributed by atoms with van der Waals surface area (Å²) in [5.74, 6) is -0.0429. The molecule has 4 nitrogen and oxygen atoms in total. The highest BCUT2D eigenvalue weighted by atomic mass is 16.2. The molecule has 1 aliphatic rings. The maximum atomic E-state index is 11.4. The van der Waals surface area contributed by atoms with E-state index in [0.717, 1.165) is 6.54 Å². The van der Waals surface area contributed by atoms with Crippen molar-refractivity contribution in [3.63, 3.8) is 0 Å². The van der Waals surface area contributed by atoms with Crippen molar-refractivity contribution in [2.45, 2.75) is 26.7 Å². The number of nitrogens with zero attached hydrogens (tertiary/aromatic N) is 2. The van der Waals surface area contributed by atoms with Gasteiger partial charge in [0.05, 0.1) is 0 Å². The van der Waals surface area contributed by atoms with Crippen LogP contribution in [-0.4, -0.2) is 48.8 Å². The van der Waals surface area contributed by atoms with Crippen LogP contribution in [0.25, 0.3) is 0 Å². The Morgan fingerprint density at radius 3 is 2.07 bits per heavy atom. The molecule has 0 bridgehead atoms. The molecule has 4 heteroatoms. The smallest absolute Gasteiger partial charge is 0.229 e. The van der Waals surface area contributed by atoms with Crippen molar-refractivity contribution in [3.8, 4) is 0 Å². The Labute approximate surface area is 91.2 Å². The zero-order chi connectivity index (χ0) is 11.6. The molecule has 0 aromatic heterocycles. The summed E-state index contributed by atoms with van der Waals surface area (Å²) in [6.45, 7) is 5.55. The van der Waals surface area contributed by atoms with E-state index in [9.17, 15) is 9.59 Å². The minimum atomic E-state index is -0.0425. The number of carbonyl (C=O) groups excluding carboxylic acids is 2. The summed E-state index contributed by atoms with van der Waals surface area (Å²) >= 11 is 0. The molecular weight excluding hydrogens is 192 g/mol. The molecule has 0 aromatic carbocycles. The Kier molecular flexibility index (Phi) is 3.50. The Bertz CT molecular complexity index is 256. The minimum Gasteiger partial charge on any atom is -0.309 e. The van der Waals surface area contributed by atoms with Gasteiger partial charge in [-0.25, -0.2) is 0 Å². The van der Waals surface area contributed by atoms with Crippen molar-refractivity contribution in [2.24, 2.45) is 5.41 Å². The third kappa shape index (κ3) is 3.30. The van der Waals surface area contributed by atoms with Crippen LogP contribution in [0.4, 0.5) is 0 Å². The van der Waals surface area contributed by atoms with Crippen LogP contribution >= 0.6 is 0 Å². The van der Waals surface area contributed by atoms with Gasteiger partial charge in [-0.15, -0.1) is 0 Å². The number of carbonyl (C=O) groups is 2. The van der Waals surface area contributed by atoms with Gasteiger partial charge in [0.15, 0.2) is 0 Å². The van der Waals surface area contributed by atoms with Crippen LogP contribution in [0.2, 0.25) is 0 Å². The van der Waals surface area contributed by atoms with Crippen LogP contribution in [0, 0.1) is 5.41 Å². The molecule has 0 spiro atoms. The van der Waals surface area contributed by atoms with Crippen LogP contribution in [0.15, 0.2) is 0 Å². The molecular formula is C11H20N2O2. The fourth-order valence-corrected chi connectivity index (χ4v) is 2.13. The third-order valence-electron chi connectivity index (χ3n) is 2.49. The van der Waals surface area contributed by atoms with Crippen molar-refractivity contribution >= 4 is 11.8 Å². The highest BCUT2D eigenvalue weighted by Crippen LogP contribution is 2.22. The van der Waals surface area contributed by atoms with Crippen molar-refractivity contribution < 1.29 is 9.59 Å². The first kappa shape index (κ1) is 12.2. The molecule has 1 saturated heterocycles. The van der Waals surface area contributed by atoms with E-state index < -0.39 is 0 Å². The molecule has 0 atom stereocenters. The number of imide groups is 1. The molecule has 0 N–H and O–H groups in total. The SMILES string of the molecule is CN(C)CC(C)(C)CN1C(=O)CCC1=O. The van der Waals surface area contributed by atoms with Crippen LogP contribution in [-0.2, 0) is 9.59 Å². The van der Waals surface area contributed by atoms with Crippen molar-refractivity contribution in [1.29, 1.82) is 0 Å². The molecule has 15 heavy (non-hydrogen) atoms. The summed E-state index contributed by atoms with van der Waals surface area (Å²) in [5, 5.41) is 0. The van der Waals surface area contributed by atoms with Gasteiger partial charge >= 0.3 is 0 Å². The van der Waals surface area contributed by atoms with Gasteiger partial charge in [-0.1, -0.05) is 13.8 Å². The largest absolute Gasteiger partial charge is 0.309 e. The van der Waals surface area contributed by atoms with E-state index in [-0.39, 0.29) is 17.2 Å². The topological polar surface area (TPSA) is 40.6 Å². The van der Waals surface area contributed by atoms with Crippen molar-refractivity contribution in [2.75, 3.05) is 27.2 Å². The van der Waals surface area contributed by atoms with Gasteiger partial charge in [0.1, 0.15) is 0 Å². The van der Waals surface area contributed by atoms with E-state index in [1.807, 2.05) is 14.1 Å². The monoisotopic (exact) mass is 212 g/mol. The molecule has 1 fully saturated rings. The zero-order valence-electron chi connectivity index (χ0n) is 10.0. The fourth-order valence-electron chi connectivity index (χ4n) is 2.13. The predicted octanol–water partition coefficient (Wildman–Crippen LogP) is 0.723. The van der Waals surface area contributed by atoms with Gasteiger partial charge in [0, 0.05) is 25.9 Å². The second kappa shape index (κ2) is 4.31. The summed E-state index contributed by atoms with van der Waals surface area (Å²) in [4.78, 5) is 26.4. The number of hydrogen-bond acceptors (Lipinski definition) is 3. The number of hydrogen-bond donors (Lipinski definition) is 0. The lowest BCUT2D eigenvalue weighted by molar-refractivity contribution is -0.140. The number of amides is 2. The van der Waals surface area contributed by atoms with Gasteiger partial charge in [-0.2, -0.15) is 0 Å². The highest BCUT2D eigenvalue weighted by Gasteiger charge is 2.33. The van der Waals surface area contributed by atoms with E-state index in [4.69, 9.17) is 0 Å². The normalized spacial score (nSPS) is 18.1. The molecule has 0 aliphatic carbocycles. The second-order valence-corrected chi connectivity index (χ2v) is 5.28. The van der Waals surface area contributed by atoms with Crippen LogP contribution in [0.5, 0.6) is 0 Å². The van der Waals surface area contributed by atoms with Crippen molar-refractivity contribution in [1.82, 2.24) is 9.80 Å². The maximum Gasteiger partial charge on any atom is 0.229 e. The first-order chi connectivity index (χ1) is 6.82. The lowest BCUT2D eigenvalue weighted by Gasteiger charge is -2.31. The lowest BCUT2D eigenvalue weighted by Crippen LogP contribution is -2.42. The number of likely N-dealkylation sites (tertiary alicyclic amines) is 1. The lowest BCUT2D eigenvalue weighted by atomic mass is 9.92. The van der Waals surface area contributed by atoms with Crippen molar-refractivity contribution in [3.05, 3.63) is 0 Å².